The zero-order valence-corrected chi connectivity index (χ0v) is 8.24. The van der Waals surface area contributed by atoms with Gasteiger partial charge >= 0.3 is 0 Å². The van der Waals surface area contributed by atoms with E-state index in [1.54, 1.807) is 0 Å². The summed E-state index contributed by atoms with van der Waals surface area (Å²) >= 11 is 0. The fraction of sp³-hybridized carbons (Fsp3) is 1.00. The number of rotatable bonds is 3. The van der Waals surface area contributed by atoms with Crippen molar-refractivity contribution in [1.82, 2.24) is 4.90 Å². The standard InChI is InChI=1S/C10H20N2O/c11-13-8-10-6-3-7-12(10)9-4-1-2-5-9/h9-10H,1-8,11H2. The van der Waals surface area contributed by atoms with Gasteiger partial charge in [0.05, 0.1) is 6.61 Å². The molecule has 2 N–H and O–H groups in total. The lowest BCUT2D eigenvalue weighted by molar-refractivity contribution is 0.0607. The molecule has 1 unspecified atom stereocenters. The summed E-state index contributed by atoms with van der Waals surface area (Å²) in [5, 5.41) is 0. The summed E-state index contributed by atoms with van der Waals surface area (Å²) in [5.41, 5.74) is 0. The second-order valence-electron chi connectivity index (χ2n) is 4.31. The van der Waals surface area contributed by atoms with E-state index in [0.717, 1.165) is 12.6 Å². The molecule has 1 heterocycles. The molecule has 1 atom stereocenters. The van der Waals surface area contributed by atoms with Gasteiger partial charge in [-0.1, -0.05) is 12.8 Å². The van der Waals surface area contributed by atoms with Gasteiger partial charge < -0.3 is 4.84 Å². The van der Waals surface area contributed by atoms with E-state index >= 15 is 0 Å². The van der Waals surface area contributed by atoms with Crippen molar-refractivity contribution in [3.05, 3.63) is 0 Å². The van der Waals surface area contributed by atoms with Crippen molar-refractivity contribution >= 4 is 0 Å². The quantitative estimate of drug-likeness (QED) is 0.672. The molecular weight excluding hydrogens is 164 g/mol. The molecule has 0 aromatic carbocycles. The van der Waals surface area contributed by atoms with Crippen molar-refractivity contribution in [1.29, 1.82) is 0 Å². The third kappa shape index (κ3) is 2.03. The minimum absolute atomic E-state index is 0.605. The summed E-state index contributed by atoms with van der Waals surface area (Å²) in [5.74, 6) is 5.14. The Morgan fingerprint density at radius 2 is 1.92 bits per heavy atom. The number of nitrogens with two attached hydrogens (primary N) is 1. The number of nitrogens with zero attached hydrogens (tertiary/aromatic N) is 1. The molecule has 13 heavy (non-hydrogen) atoms. The average Bonchev–Trinajstić information content (AvgIpc) is 2.71. The fourth-order valence-corrected chi connectivity index (χ4v) is 2.86. The molecule has 2 rings (SSSR count). The molecule has 3 heteroatoms. The van der Waals surface area contributed by atoms with Gasteiger partial charge in [-0.25, -0.2) is 5.90 Å². The van der Waals surface area contributed by atoms with Crippen LogP contribution in [0.1, 0.15) is 38.5 Å². The van der Waals surface area contributed by atoms with Gasteiger partial charge in [-0.2, -0.15) is 0 Å². The lowest BCUT2D eigenvalue weighted by Gasteiger charge is -2.29. The van der Waals surface area contributed by atoms with Crippen molar-refractivity contribution in [2.45, 2.75) is 50.6 Å². The summed E-state index contributed by atoms with van der Waals surface area (Å²) in [7, 11) is 0. The van der Waals surface area contributed by atoms with E-state index in [2.05, 4.69) is 4.90 Å². The lowest BCUT2D eigenvalue weighted by atomic mass is 10.2. The van der Waals surface area contributed by atoms with Crippen molar-refractivity contribution in [2.24, 2.45) is 5.90 Å². The van der Waals surface area contributed by atoms with Gasteiger partial charge in [0.1, 0.15) is 0 Å². The fourth-order valence-electron chi connectivity index (χ4n) is 2.86. The molecule has 1 saturated heterocycles. The molecule has 0 amide bonds. The smallest absolute Gasteiger partial charge is 0.0834 e. The van der Waals surface area contributed by atoms with Crippen molar-refractivity contribution < 1.29 is 4.84 Å². The molecule has 0 radical (unpaired) electrons. The molecule has 1 aliphatic carbocycles. The predicted molar refractivity (Wildman–Crippen MR) is 52.1 cm³/mol. The lowest BCUT2D eigenvalue weighted by Crippen LogP contribution is -2.40. The summed E-state index contributed by atoms with van der Waals surface area (Å²) in [6.07, 6.45) is 8.20. The predicted octanol–water partition coefficient (Wildman–Crippen LogP) is 1.28. The van der Waals surface area contributed by atoms with Crippen LogP contribution in [0.15, 0.2) is 0 Å². The first-order valence-electron chi connectivity index (χ1n) is 5.49. The van der Waals surface area contributed by atoms with E-state index in [9.17, 15) is 0 Å². The molecule has 1 saturated carbocycles. The molecule has 2 aliphatic rings. The Bertz CT molecular complexity index is 157. The van der Waals surface area contributed by atoms with Gasteiger partial charge in [0.2, 0.25) is 0 Å². The first-order chi connectivity index (χ1) is 6.42. The van der Waals surface area contributed by atoms with Crippen LogP contribution in [-0.4, -0.2) is 30.1 Å². The van der Waals surface area contributed by atoms with E-state index in [0.29, 0.717) is 6.04 Å². The van der Waals surface area contributed by atoms with E-state index in [4.69, 9.17) is 10.7 Å². The monoisotopic (exact) mass is 184 g/mol. The Kier molecular flexibility index (Phi) is 3.19. The molecule has 0 bridgehead atoms. The minimum atomic E-state index is 0.605. The van der Waals surface area contributed by atoms with Gasteiger partial charge in [-0.3, -0.25) is 4.90 Å². The normalized spacial score (nSPS) is 31.6. The Morgan fingerprint density at radius 3 is 2.62 bits per heavy atom. The number of hydrogen-bond donors (Lipinski definition) is 1. The molecule has 2 fully saturated rings. The third-order valence-corrected chi connectivity index (χ3v) is 3.51. The van der Waals surface area contributed by atoms with Gasteiger partial charge in [0.25, 0.3) is 0 Å². The summed E-state index contributed by atoms with van der Waals surface area (Å²) < 4.78 is 0. The van der Waals surface area contributed by atoms with E-state index < -0.39 is 0 Å². The first kappa shape index (κ1) is 9.44. The van der Waals surface area contributed by atoms with Crippen LogP contribution in [-0.2, 0) is 4.84 Å². The topological polar surface area (TPSA) is 38.5 Å². The van der Waals surface area contributed by atoms with Crippen molar-refractivity contribution in [3.8, 4) is 0 Å². The van der Waals surface area contributed by atoms with Gasteiger partial charge in [0.15, 0.2) is 0 Å². The largest absolute Gasteiger partial charge is 0.303 e. The van der Waals surface area contributed by atoms with Crippen LogP contribution in [0.4, 0.5) is 0 Å². The van der Waals surface area contributed by atoms with Crippen LogP contribution in [0, 0.1) is 0 Å². The third-order valence-electron chi connectivity index (χ3n) is 3.51. The number of likely N-dealkylation sites (tertiary alicyclic amines) is 1. The number of hydrogen-bond acceptors (Lipinski definition) is 3. The molecular formula is C10H20N2O. The maximum atomic E-state index is 5.14. The summed E-state index contributed by atoms with van der Waals surface area (Å²) in [4.78, 5) is 7.40. The van der Waals surface area contributed by atoms with Crippen LogP contribution in [0.3, 0.4) is 0 Å². The van der Waals surface area contributed by atoms with Crippen LogP contribution >= 0.6 is 0 Å². The van der Waals surface area contributed by atoms with Crippen LogP contribution in [0.5, 0.6) is 0 Å². The summed E-state index contributed by atoms with van der Waals surface area (Å²) in [6.45, 7) is 1.98. The van der Waals surface area contributed by atoms with Gasteiger partial charge in [0, 0.05) is 12.1 Å². The van der Waals surface area contributed by atoms with Crippen LogP contribution < -0.4 is 5.90 Å². The Labute approximate surface area is 80.2 Å². The van der Waals surface area contributed by atoms with Crippen LogP contribution in [0.2, 0.25) is 0 Å². The minimum Gasteiger partial charge on any atom is -0.303 e. The Hall–Kier alpha value is -0.120. The highest BCUT2D eigenvalue weighted by atomic mass is 16.6. The maximum Gasteiger partial charge on any atom is 0.0834 e. The van der Waals surface area contributed by atoms with Gasteiger partial charge in [-0.05, 0) is 32.2 Å². The van der Waals surface area contributed by atoms with Crippen molar-refractivity contribution in [3.63, 3.8) is 0 Å². The maximum absolute atomic E-state index is 5.14. The van der Waals surface area contributed by atoms with Crippen molar-refractivity contribution in [2.75, 3.05) is 13.2 Å². The molecule has 0 aromatic rings. The zero-order chi connectivity index (χ0) is 9.10. The molecule has 1 aliphatic heterocycles. The van der Waals surface area contributed by atoms with Gasteiger partial charge in [-0.15, -0.1) is 0 Å². The van der Waals surface area contributed by atoms with E-state index in [1.165, 1.54) is 45.1 Å². The Balaban J connectivity index is 1.88. The highest BCUT2D eigenvalue weighted by Gasteiger charge is 2.31. The van der Waals surface area contributed by atoms with E-state index in [1.807, 2.05) is 0 Å². The highest BCUT2D eigenvalue weighted by molar-refractivity contribution is 4.87. The molecule has 0 aromatic heterocycles. The Morgan fingerprint density at radius 1 is 1.15 bits per heavy atom. The SMILES string of the molecule is NOCC1CCCN1C1CCCC1. The second kappa shape index (κ2) is 4.40. The average molecular weight is 184 g/mol. The van der Waals surface area contributed by atoms with E-state index in [-0.39, 0.29) is 0 Å². The zero-order valence-electron chi connectivity index (χ0n) is 8.24. The second-order valence-corrected chi connectivity index (χ2v) is 4.31. The summed E-state index contributed by atoms with van der Waals surface area (Å²) in [6, 6.07) is 1.44. The molecule has 76 valence electrons. The molecule has 0 spiro atoms. The van der Waals surface area contributed by atoms with Crippen LogP contribution in [0.25, 0.3) is 0 Å². The first-order valence-corrected chi connectivity index (χ1v) is 5.49. The highest BCUT2D eigenvalue weighted by Crippen LogP contribution is 2.29. The molecule has 3 nitrogen and oxygen atoms in total.